The van der Waals surface area contributed by atoms with Crippen LogP contribution in [0.2, 0.25) is 0 Å². The fourth-order valence-corrected chi connectivity index (χ4v) is 12.4. The lowest BCUT2D eigenvalue weighted by molar-refractivity contribution is -0.176. The first-order chi connectivity index (χ1) is 24.5. The molecular weight excluding hydrogens is 636 g/mol. The smallest absolute Gasteiger partial charge is 0.189 e. The lowest BCUT2D eigenvalue weighted by atomic mass is 9.32. The molecule has 1 saturated heterocycles. The van der Waals surface area contributed by atoms with Gasteiger partial charge in [-0.2, -0.15) is 0 Å². The van der Waals surface area contributed by atoms with E-state index in [1.165, 1.54) is 12.1 Å². The van der Waals surface area contributed by atoms with Crippen molar-refractivity contribution in [2.75, 3.05) is 37.6 Å². The van der Waals surface area contributed by atoms with Crippen LogP contribution in [0.25, 0.3) is 11.1 Å². The molecule has 51 heavy (non-hydrogen) atoms. The molecule has 3 aromatic rings. The summed E-state index contributed by atoms with van der Waals surface area (Å²) in [6, 6.07) is 25.2. The number of hydrogen-bond acceptors (Lipinski definition) is 5. The fourth-order valence-electron chi connectivity index (χ4n) is 12.4. The van der Waals surface area contributed by atoms with Crippen LogP contribution in [0.4, 0.5) is 10.1 Å². The number of carbonyl (C=O) groups is 1. The zero-order chi connectivity index (χ0) is 35.2. The van der Waals surface area contributed by atoms with E-state index in [1.54, 1.807) is 0 Å². The second-order valence-corrected chi connectivity index (χ2v) is 17.3. The van der Waals surface area contributed by atoms with Crippen molar-refractivity contribution in [2.45, 2.75) is 70.5 Å². The average Bonchev–Trinajstić information content (AvgIpc) is 3.42. The Labute approximate surface area is 301 Å². The van der Waals surface area contributed by atoms with Gasteiger partial charge in [0.05, 0.1) is 11.7 Å². The van der Waals surface area contributed by atoms with E-state index in [2.05, 4.69) is 66.1 Å². The number of piperazine rings is 1. The molecule has 0 radical (unpaired) electrons. The number of nitrogens with zero attached hydrogens (tertiary/aromatic N) is 2. The Hall–Kier alpha value is -3.58. The number of Topliss-reactive ketones (excluding diaryl/α,β-unsaturated/α-hetero) is 1. The normalized spacial score (nSPS) is 38.5. The number of benzene rings is 3. The molecule has 1 heterocycles. The Morgan fingerprint density at radius 2 is 1.43 bits per heavy atom. The summed E-state index contributed by atoms with van der Waals surface area (Å²) in [5.74, 6) is 0.285. The number of anilines is 1. The number of carbonyl (C=O) groups excluding carboxylic acids is 1. The SMILES string of the molecule is C[C@]12CC[C@H]3[C@]4(C=C[C@@]5(C=C4C(=O)c4ccc(-c6ccccc6)cc4)CC(O)CC[C@]35C)[C@@H]1CC[C@@]2(O)CN1CCN(c2ccc(F)cc2)CC1. The minimum Gasteiger partial charge on any atom is -0.393 e. The van der Waals surface area contributed by atoms with Crippen molar-refractivity contribution < 1.29 is 19.4 Å². The van der Waals surface area contributed by atoms with Gasteiger partial charge in [-0.1, -0.05) is 86.7 Å². The largest absolute Gasteiger partial charge is 0.393 e. The molecule has 0 aromatic heterocycles. The number of aliphatic hydroxyl groups excluding tert-OH is 1. The van der Waals surface area contributed by atoms with Crippen molar-refractivity contribution in [2.24, 2.45) is 33.5 Å². The van der Waals surface area contributed by atoms with E-state index in [0.29, 0.717) is 18.5 Å². The van der Waals surface area contributed by atoms with Gasteiger partial charge in [0.25, 0.3) is 0 Å². The first-order valence-corrected chi connectivity index (χ1v) is 19.3. The van der Waals surface area contributed by atoms with Crippen LogP contribution in [0, 0.1) is 39.3 Å². The van der Waals surface area contributed by atoms with Crippen molar-refractivity contribution in [3.8, 4) is 11.1 Å². The third-order valence-electron chi connectivity index (χ3n) is 15.3. The lowest BCUT2D eigenvalue weighted by Gasteiger charge is -2.71. The Morgan fingerprint density at radius 1 is 0.784 bits per heavy atom. The summed E-state index contributed by atoms with van der Waals surface area (Å²) in [7, 11) is 0. The summed E-state index contributed by atoms with van der Waals surface area (Å²) < 4.78 is 13.6. The van der Waals surface area contributed by atoms with Gasteiger partial charge in [0.15, 0.2) is 5.78 Å². The first-order valence-electron chi connectivity index (χ1n) is 19.3. The van der Waals surface area contributed by atoms with Crippen molar-refractivity contribution in [1.29, 1.82) is 0 Å². The lowest BCUT2D eigenvalue weighted by Crippen LogP contribution is -2.67. The predicted molar refractivity (Wildman–Crippen MR) is 200 cm³/mol. The maximum atomic E-state index is 15.0. The van der Waals surface area contributed by atoms with Crippen LogP contribution in [-0.2, 0) is 0 Å². The highest BCUT2D eigenvalue weighted by Crippen LogP contribution is 2.78. The van der Waals surface area contributed by atoms with Crippen molar-refractivity contribution in [1.82, 2.24) is 4.90 Å². The highest BCUT2D eigenvalue weighted by Gasteiger charge is 2.74. The molecule has 2 bridgehead atoms. The summed E-state index contributed by atoms with van der Waals surface area (Å²) in [5, 5.41) is 23.9. The molecule has 2 spiro atoms. The van der Waals surface area contributed by atoms with Gasteiger partial charge in [0, 0.05) is 65.8 Å². The van der Waals surface area contributed by atoms with Crippen LogP contribution < -0.4 is 4.90 Å². The molecule has 6 heteroatoms. The molecule has 3 aromatic carbocycles. The molecule has 1 aliphatic heterocycles. The summed E-state index contributed by atoms with van der Waals surface area (Å²) in [5.41, 5.74) is 2.78. The number of halogens is 1. The van der Waals surface area contributed by atoms with Crippen LogP contribution in [0.5, 0.6) is 0 Å². The second-order valence-electron chi connectivity index (χ2n) is 17.3. The van der Waals surface area contributed by atoms with Gasteiger partial charge in [0.1, 0.15) is 5.82 Å². The number of β-amino-alcohol motifs (C(OH)–C–C–N with tert-alkyl or cyclic N) is 1. The van der Waals surface area contributed by atoms with Crippen LogP contribution in [0.1, 0.15) is 69.2 Å². The highest BCUT2D eigenvalue weighted by atomic mass is 19.1. The van der Waals surface area contributed by atoms with Crippen LogP contribution in [0.15, 0.2) is 103 Å². The standard InChI is InChI=1S/C45H51FN2O3/c1-41-19-16-36(49)28-43(41)22-23-45(37(29-43)40(50)33-10-8-32(9-11-33)31-6-4-3-5-7-31)38(41)17-20-42(2)39(45)18-21-44(42,51)30-47-24-26-48(27-25-47)35-14-12-34(46)13-15-35/h3-15,22-23,29,36,38-39,49,51H,16-21,24-28,30H2,1-2H3/t36?,38-,39-,41-,42+,43+,44-,45-/m1/s1. The Bertz CT molecular complexity index is 1880. The van der Waals surface area contributed by atoms with Gasteiger partial charge in [-0.05, 0) is 97.6 Å². The third-order valence-corrected chi connectivity index (χ3v) is 15.3. The van der Waals surface area contributed by atoms with E-state index in [-0.39, 0.29) is 45.8 Å². The van der Waals surface area contributed by atoms with E-state index >= 15 is 4.79 Å². The van der Waals surface area contributed by atoms with Gasteiger partial charge < -0.3 is 15.1 Å². The van der Waals surface area contributed by atoms with Gasteiger partial charge in [0.2, 0.25) is 0 Å². The molecule has 4 fully saturated rings. The molecule has 6 aliphatic carbocycles. The number of allylic oxidation sites excluding steroid dienone is 4. The molecule has 2 N–H and O–H groups in total. The quantitative estimate of drug-likeness (QED) is 0.203. The minimum absolute atomic E-state index is 0.0549. The molecule has 1 unspecified atom stereocenters. The Balaban J connectivity index is 1.04. The third kappa shape index (κ3) is 4.78. The van der Waals surface area contributed by atoms with Crippen molar-refractivity contribution >= 4 is 11.5 Å². The van der Waals surface area contributed by atoms with E-state index < -0.39 is 11.0 Å². The molecule has 7 aliphatic rings. The zero-order valence-electron chi connectivity index (χ0n) is 30.0. The van der Waals surface area contributed by atoms with E-state index in [4.69, 9.17) is 0 Å². The van der Waals surface area contributed by atoms with E-state index in [9.17, 15) is 14.6 Å². The molecular formula is C45H51FN2O3. The highest BCUT2D eigenvalue weighted by molar-refractivity contribution is 6.10. The topological polar surface area (TPSA) is 64.0 Å². The Kier molecular flexibility index (Phi) is 7.64. The van der Waals surface area contributed by atoms with Crippen molar-refractivity contribution in [3.63, 3.8) is 0 Å². The van der Waals surface area contributed by atoms with Crippen molar-refractivity contribution in [3.05, 3.63) is 114 Å². The number of ketones is 1. The van der Waals surface area contributed by atoms with Crippen LogP contribution >= 0.6 is 0 Å². The summed E-state index contributed by atoms with van der Waals surface area (Å²) in [4.78, 5) is 19.8. The maximum absolute atomic E-state index is 15.0. The van der Waals surface area contributed by atoms with E-state index in [0.717, 1.165) is 87.1 Å². The van der Waals surface area contributed by atoms with Crippen LogP contribution in [-0.4, -0.2) is 65.3 Å². The van der Waals surface area contributed by atoms with Crippen LogP contribution in [0.3, 0.4) is 0 Å². The number of rotatable bonds is 6. The van der Waals surface area contributed by atoms with Gasteiger partial charge in [-0.25, -0.2) is 4.39 Å². The molecule has 8 atom stereocenters. The molecule has 266 valence electrons. The average molecular weight is 687 g/mol. The fraction of sp³-hybridized carbons (Fsp3) is 0.489. The predicted octanol–water partition coefficient (Wildman–Crippen LogP) is 8.09. The van der Waals surface area contributed by atoms with Gasteiger partial charge >= 0.3 is 0 Å². The van der Waals surface area contributed by atoms with Gasteiger partial charge in [-0.3, -0.25) is 9.69 Å². The zero-order valence-corrected chi connectivity index (χ0v) is 30.0. The Morgan fingerprint density at radius 3 is 2.16 bits per heavy atom. The van der Waals surface area contributed by atoms with E-state index in [1.807, 2.05) is 42.5 Å². The summed E-state index contributed by atoms with van der Waals surface area (Å²) in [6.07, 6.45) is 12.7. The molecule has 10 rings (SSSR count). The summed E-state index contributed by atoms with van der Waals surface area (Å²) >= 11 is 0. The molecule has 3 saturated carbocycles. The number of fused-ring (bicyclic) bond motifs is 1. The molecule has 5 nitrogen and oxygen atoms in total. The monoisotopic (exact) mass is 686 g/mol. The molecule has 0 amide bonds. The second kappa shape index (κ2) is 11.7. The first kappa shape index (κ1) is 33.3. The maximum Gasteiger partial charge on any atom is 0.189 e. The number of hydrogen-bond donors (Lipinski definition) is 2. The van der Waals surface area contributed by atoms with Gasteiger partial charge in [-0.15, -0.1) is 0 Å². The minimum atomic E-state index is -0.871. The summed E-state index contributed by atoms with van der Waals surface area (Å²) in [6.45, 7) is 8.78. The number of aliphatic hydroxyl groups is 2.